The Hall–Kier alpha value is -4.24. The second kappa shape index (κ2) is 11.7. The standard InChI is InChI=1S/C28H32N8O/c1-30-18-23(16-29)22-6-4-21(5-7-22)17-31-27-15-25(33-20-34-27)26-19-32-28-14-24(8-11-36(26)28)37-13-12-35-9-2-3-10-35/h4-8,11,14-16,18-20H,2-3,9-10,12-13,17,29H2,1H3,(H,31,33,34)/b23-16+,30-18?. The average Bonchev–Trinajstić information content (AvgIpc) is 3.61. The molecular weight excluding hydrogens is 464 g/mol. The molecule has 4 aromatic rings. The molecule has 1 aliphatic heterocycles. The third kappa shape index (κ3) is 5.95. The van der Waals surface area contributed by atoms with Gasteiger partial charge in [0.15, 0.2) is 0 Å². The van der Waals surface area contributed by atoms with Gasteiger partial charge in [0, 0.05) is 56.5 Å². The summed E-state index contributed by atoms with van der Waals surface area (Å²) in [6.07, 6.45) is 11.3. The van der Waals surface area contributed by atoms with Crippen molar-refractivity contribution in [1.82, 2.24) is 24.3 Å². The Morgan fingerprint density at radius 1 is 1.11 bits per heavy atom. The van der Waals surface area contributed by atoms with E-state index in [2.05, 4.69) is 42.3 Å². The molecule has 190 valence electrons. The Morgan fingerprint density at radius 3 is 2.73 bits per heavy atom. The average molecular weight is 497 g/mol. The Morgan fingerprint density at radius 2 is 1.95 bits per heavy atom. The van der Waals surface area contributed by atoms with E-state index in [0.29, 0.717) is 13.2 Å². The first kappa shape index (κ1) is 24.5. The van der Waals surface area contributed by atoms with Gasteiger partial charge < -0.3 is 15.8 Å². The van der Waals surface area contributed by atoms with Gasteiger partial charge in [-0.2, -0.15) is 0 Å². The SMILES string of the molecule is CN=C/C(=C\N)c1ccc(CNc2cc(-c3cnc4cc(OCCN5CCCC5)ccn34)ncn2)cc1. The maximum atomic E-state index is 5.98. The number of nitrogens with one attached hydrogen (secondary N) is 1. The highest BCUT2D eigenvalue weighted by molar-refractivity contribution is 6.09. The lowest BCUT2D eigenvalue weighted by Gasteiger charge is -2.15. The summed E-state index contributed by atoms with van der Waals surface area (Å²) in [4.78, 5) is 19.9. The fraction of sp³-hybridized carbons (Fsp3) is 0.286. The molecule has 3 N–H and O–H groups in total. The van der Waals surface area contributed by atoms with Crippen molar-refractivity contribution in [1.29, 1.82) is 0 Å². The number of aromatic nitrogens is 4. The summed E-state index contributed by atoms with van der Waals surface area (Å²) in [6, 6.07) is 14.1. The van der Waals surface area contributed by atoms with E-state index in [0.717, 1.165) is 51.8 Å². The second-order valence-electron chi connectivity index (χ2n) is 8.98. The topological polar surface area (TPSA) is 106 Å². The third-order valence-corrected chi connectivity index (χ3v) is 6.50. The van der Waals surface area contributed by atoms with Crippen molar-refractivity contribution in [3.05, 3.63) is 78.5 Å². The first-order chi connectivity index (χ1) is 18.2. The summed E-state index contributed by atoms with van der Waals surface area (Å²) in [6.45, 7) is 4.63. The molecule has 0 saturated carbocycles. The molecule has 0 unspecified atom stereocenters. The minimum Gasteiger partial charge on any atom is -0.492 e. The molecule has 1 saturated heterocycles. The smallest absolute Gasteiger partial charge is 0.140 e. The summed E-state index contributed by atoms with van der Waals surface area (Å²) in [5, 5.41) is 3.38. The van der Waals surface area contributed by atoms with Crippen LogP contribution < -0.4 is 15.8 Å². The zero-order chi connectivity index (χ0) is 25.5. The lowest BCUT2D eigenvalue weighted by molar-refractivity contribution is 0.238. The lowest BCUT2D eigenvalue weighted by Crippen LogP contribution is -2.25. The van der Waals surface area contributed by atoms with E-state index in [1.807, 2.05) is 47.1 Å². The van der Waals surface area contributed by atoms with Gasteiger partial charge in [0.25, 0.3) is 0 Å². The highest BCUT2D eigenvalue weighted by Crippen LogP contribution is 2.23. The molecule has 0 aliphatic carbocycles. The molecular formula is C28H32N8O. The second-order valence-corrected chi connectivity index (χ2v) is 8.98. The predicted octanol–water partition coefficient (Wildman–Crippen LogP) is 3.88. The predicted molar refractivity (Wildman–Crippen MR) is 148 cm³/mol. The summed E-state index contributed by atoms with van der Waals surface area (Å²) in [5.74, 6) is 1.57. The monoisotopic (exact) mass is 496 g/mol. The molecule has 0 atom stereocenters. The van der Waals surface area contributed by atoms with E-state index in [-0.39, 0.29) is 0 Å². The Balaban J connectivity index is 1.23. The van der Waals surface area contributed by atoms with Gasteiger partial charge in [-0.3, -0.25) is 14.3 Å². The number of nitrogens with zero attached hydrogens (tertiary/aromatic N) is 6. The van der Waals surface area contributed by atoms with Gasteiger partial charge in [0.1, 0.15) is 30.1 Å². The Labute approximate surface area is 216 Å². The summed E-state index contributed by atoms with van der Waals surface area (Å²) < 4.78 is 7.99. The summed E-state index contributed by atoms with van der Waals surface area (Å²) in [5.41, 5.74) is 11.2. The van der Waals surface area contributed by atoms with Gasteiger partial charge in [-0.25, -0.2) is 15.0 Å². The number of rotatable bonds is 10. The van der Waals surface area contributed by atoms with Crippen molar-refractivity contribution in [2.24, 2.45) is 10.7 Å². The van der Waals surface area contributed by atoms with E-state index < -0.39 is 0 Å². The molecule has 0 bridgehead atoms. The van der Waals surface area contributed by atoms with Crippen molar-refractivity contribution < 1.29 is 4.74 Å². The van der Waals surface area contributed by atoms with Crippen LogP contribution in [0, 0.1) is 0 Å². The number of pyridine rings is 1. The molecule has 0 radical (unpaired) electrons. The van der Waals surface area contributed by atoms with Crippen LogP contribution in [0.4, 0.5) is 5.82 Å². The van der Waals surface area contributed by atoms with Crippen molar-refractivity contribution in [2.75, 3.05) is 38.6 Å². The number of imidazole rings is 1. The van der Waals surface area contributed by atoms with Crippen LogP contribution in [0.3, 0.4) is 0 Å². The number of hydrogen-bond acceptors (Lipinski definition) is 8. The third-order valence-electron chi connectivity index (χ3n) is 6.50. The van der Waals surface area contributed by atoms with Gasteiger partial charge in [-0.05, 0) is 43.1 Å². The number of aliphatic imine (C=N–C) groups is 1. The number of fused-ring (bicyclic) bond motifs is 1. The van der Waals surface area contributed by atoms with Crippen LogP contribution in [0.25, 0.3) is 22.6 Å². The lowest BCUT2D eigenvalue weighted by atomic mass is 10.1. The van der Waals surface area contributed by atoms with Crippen LogP contribution in [0.2, 0.25) is 0 Å². The highest BCUT2D eigenvalue weighted by Gasteiger charge is 2.12. The van der Waals surface area contributed by atoms with Crippen LogP contribution in [-0.2, 0) is 6.54 Å². The minimum absolute atomic E-state index is 0.631. The van der Waals surface area contributed by atoms with Crippen LogP contribution in [-0.4, -0.2) is 63.8 Å². The molecule has 1 fully saturated rings. The fourth-order valence-electron chi connectivity index (χ4n) is 4.49. The Bertz CT molecular complexity index is 1390. The number of nitrogens with two attached hydrogens (primary N) is 1. The number of likely N-dealkylation sites (tertiary alicyclic amines) is 1. The molecule has 0 spiro atoms. The molecule has 9 heteroatoms. The fourth-order valence-corrected chi connectivity index (χ4v) is 4.49. The number of anilines is 1. The van der Waals surface area contributed by atoms with Gasteiger partial charge in [0.05, 0.1) is 17.6 Å². The molecule has 1 aromatic carbocycles. The zero-order valence-electron chi connectivity index (χ0n) is 21.0. The van der Waals surface area contributed by atoms with Crippen LogP contribution in [0.1, 0.15) is 24.0 Å². The molecule has 1 aliphatic rings. The molecule has 37 heavy (non-hydrogen) atoms. The summed E-state index contributed by atoms with van der Waals surface area (Å²) in [7, 11) is 1.73. The molecule has 9 nitrogen and oxygen atoms in total. The first-order valence-corrected chi connectivity index (χ1v) is 12.6. The first-order valence-electron chi connectivity index (χ1n) is 12.6. The number of benzene rings is 1. The van der Waals surface area contributed by atoms with E-state index in [4.69, 9.17) is 10.5 Å². The van der Waals surface area contributed by atoms with E-state index in [9.17, 15) is 0 Å². The van der Waals surface area contributed by atoms with Gasteiger partial charge in [-0.1, -0.05) is 24.3 Å². The molecule has 0 amide bonds. The molecule has 3 aromatic heterocycles. The highest BCUT2D eigenvalue weighted by atomic mass is 16.5. The minimum atomic E-state index is 0.631. The van der Waals surface area contributed by atoms with Crippen molar-refractivity contribution in [2.45, 2.75) is 19.4 Å². The van der Waals surface area contributed by atoms with E-state index >= 15 is 0 Å². The quantitative estimate of drug-likeness (QED) is 0.321. The van der Waals surface area contributed by atoms with Crippen molar-refractivity contribution in [3.63, 3.8) is 0 Å². The molecule has 5 rings (SSSR count). The molecule has 4 heterocycles. The van der Waals surface area contributed by atoms with Crippen LogP contribution >= 0.6 is 0 Å². The Kier molecular flexibility index (Phi) is 7.71. The number of hydrogen-bond donors (Lipinski definition) is 2. The number of allylic oxidation sites excluding steroid dienone is 1. The van der Waals surface area contributed by atoms with Crippen LogP contribution in [0.15, 0.2) is 72.4 Å². The summed E-state index contributed by atoms with van der Waals surface area (Å²) >= 11 is 0. The van der Waals surface area contributed by atoms with Gasteiger partial charge in [-0.15, -0.1) is 0 Å². The van der Waals surface area contributed by atoms with E-state index in [1.54, 1.807) is 25.8 Å². The van der Waals surface area contributed by atoms with Gasteiger partial charge in [0.2, 0.25) is 0 Å². The maximum absolute atomic E-state index is 5.98. The van der Waals surface area contributed by atoms with Crippen molar-refractivity contribution >= 4 is 23.3 Å². The maximum Gasteiger partial charge on any atom is 0.140 e. The number of ether oxygens (including phenoxy) is 1. The largest absolute Gasteiger partial charge is 0.492 e. The van der Waals surface area contributed by atoms with E-state index in [1.165, 1.54) is 25.9 Å². The normalized spacial score (nSPS) is 14.6. The van der Waals surface area contributed by atoms with Crippen LogP contribution in [0.5, 0.6) is 5.75 Å². The van der Waals surface area contributed by atoms with Gasteiger partial charge >= 0.3 is 0 Å². The zero-order valence-corrected chi connectivity index (χ0v) is 21.0. The van der Waals surface area contributed by atoms with Crippen molar-refractivity contribution in [3.8, 4) is 17.1 Å².